The van der Waals surface area contributed by atoms with Gasteiger partial charge in [0, 0.05) is 31.1 Å². The first-order valence-corrected chi connectivity index (χ1v) is 9.69. The highest BCUT2D eigenvalue weighted by atomic mass is 32.2. The molecule has 1 atom stereocenters. The molecule has 1 aliphatic heterocycles. The number of amides is 1. The molecule has 0 radical (unpaired) electrons. The number of hydrogen-bond acceptors (Lipinski definition) is 4. The highest BCUT2D eigenvalue weighted by Gasteiger charge is 2.25. The average Bonchev–Trinajstić information content (AvgIpc) is 2.60. The molecule has 5 heteroatoms. The Kier molecular flexibility index (Phi) is 7.43. The van der Waals surface area contributed by atoms with Gasteiger partial charge in [-0.2, -0.15) is 0 Å². The number of ether oxygens (including phenoxy) is 1. The molecule has 1 heterocycles. The van der Waals surface area contributed by atoms with E-state index < -0.39 is 0 Å². The van der Waals surface area contributed by atoms with Crippen molar-refractivity contribution < 1.29 is 9.53 Å². The topological polar surface area (TPSA) is 32.8 Å². The summed E-state index contributed by atoms with van der Waals surface area (Å²) in [6.07, 6.45) is 1.23. The third-order valence-corrected chi connectivity index (χ3v) is 5.53. The summed E-state index contributed by atoms with van der Waals surface area (Å²) >= 11 is 1.62. The van der Waals surface area contributed by atoms with Crippen LogP contribution in [0.1, 0.15) is 27.2 Å². The molecule has 4 nitrogen and oxygen atoms in total. The summed E-state index contributed by atoms with van der Waals surface area (Å²) < 4.78 is 5.17. The molecule has 0 bridgehead atoms. The summed E-state index contributed by atoms with van der Waals surface area (Å²) in [5.74, 6) is 1.83. The second-order valence-electron chi connectivity index (χ2n) is 6.79. The van der Waals surface area contributed by atoms with Crippen LogP contribution in [0.15, 0.2) is 29.2 Å². The first-order valence-electron chi connectivity index (χ1n) is 8.81. The first-order chi connectivity index (χ1) is 11.5. The van der Waals surface area contributed by atoms with Crippen LogP contribution in [0.4, 0.5) is 0 Å². The fourth-order valence-electron chi connectivity index (χ4n) is 2.80. The second kappa shape index (κ2) is 9.33. The molecule has 1 aromatic carbocycles. The largest absolute Gasteiger partial charge is 0.497 e. The number of carbonyl (C=O) groups is 1. The molecule has 0 aromatic heterocycles. The van der Waals surface area contributed by atoms with Gasteiger partial charge in [-0.1, -0.05) is 13.8 Å². The molecule has 1 unspecified atom stereocenters. The van der Waals surface area contributed by atoms with Crippen molar-refractivity contribution in [2.24, 2.45) is 5.92 Å². The Balaban J connectivity index is 1.79. The van der Waals surface area contributed by atoms with Crippen LogP contribution in [0.5, 0.6) is 5.75 Å². The molecule has 2 rings (SSSR count). The van der Waals surface area contributed by atoms with E-state index in [4.69, 9.17) is 4.74 Å². The highest BCUT2D eigenvalue weighted by molar-refractivity contribution is 8.00. The fraction of sp³-hybridized carbons (Fsp3) is 0.632. The van der Waals surface area contributed by atoms with Gasteiger partial charge in [0.15, 0.2) is 0 Å². The first kappa shape index (κ1) is 19.1. The Bertz CT molecular complexity index is 511. The zero-order chi connectivity index (χ0) is 17.5. The predicted octanol–water partition coefficient (Wildman–Crippen LogP) is 3.37. The lowest BCUT2D eigenvalue weighted by molar-refractivity contribution is -0.132. The second-order valence-corrected chi connectivity index (χ2v) is 8.20. The number of methoxy groups -OCH3 is 1. The van der Waals surface area contributed by atoms with E-state index >= 15 is 0 Å². The van der Waals surface area contributed by atoms with Crippen molar-refractivity contribution >= 4 is 17.7 Å². The van der Waals surface area contributed by atoms with E-state index in [9.17, 15) is 4.79 Å². The minimum Gasteiger partial charge on any atom is -0.497 e. The maximum atomic E-state index is 12.7. The minimum absolute atomic E-state index is 0.0550. The molecule has 0 aliphatic carbocycles. The molecule has 1 fully saturated rings. The van der Waals surface area contributed by atoms with Crippen molar-refractivity contribution in [2.45, 2.75) is 37.3 Å². The maximum absolute atomic E-state index is 12.7. The van der Waals surface area contributed by atoms with Crippen LogP contribution in [0.25, 0.3) is 0 Å². The molecule has 1 aromatic rings. The number of rotatable bonds is 7. The summed E-state index contributed by atoms with van der Waals surface area (Å²) in [5.41, 5.74) is 0. The van der Waals surface area contributed by atoms with Crippen molar-refractivity contribution in [1.82, 2.24) is 9.80 Å². The van der Waals surface area contributed by atoms with Crippen LogP contribution in [-0.4, -0.2) is 60.8 Å². The van der Waals surface area contributed by atoms with Crippen molar-refractivity contribution in [3.8, 4) is 5.75 Å². The molecule has 134 valence electrons. The maximum Gasteiger partial charge on any atom is 0.235 e. The van der Waals surface area contributed by atoms with E-state index in [1.165, 1.54) is 6.42 Å². The molecular formula is C19H30N2O2S. The van der Waals surface area contributed by atoms with E-state index in [2.05, 4.69) is 18.7 Å². The third-order valence-electron chi connectivity index (χ3n) is 4.43. The van der Waals surface area contributed by atoms with E-state index in [0.29, 0.717) is 0 Å². The molecule has 1 amide bonds. The predicted molar refractivity (Wildman–Crippen MR) is 101 cm³/mol. The van der Waals surface area contributed by atoms with Gasteiger partial charge in [-0.15, -0.1) is 11.8 Å². The Labute approximate surface area is 150 Å². The van der Waals surface area contributed by atoms with Crippen molar-refractivity contribution in [3.63, 3.8) is 0 Å². The number of benzene rings is 1. The monoisotopic (exact) mass is 350 g/mol. The lowest BCUT2D eigenvalue weighted by Gasteiger charge is -2.36. The van der Waals surface area contributed by atoms with Gasteiger partial charge >= 0.3 is 0 Å². The highest BCUT2D eigenvalue weighted by Crippen LogP contribution is 2.26. The van der Waals surface area contributed by atoms with Crippen LogP contribution in [0, 0.1) is 5.92 Å². The van der Waals surface area contributed by atoms with E-state index in [1.54, 1.807) is 18.9 Å². The smallest absolute Gasteiger partial charge is 0.235 e. The summed E-state index contributed by atoms with van der Waals surface area (Å²) in [6, 6.07) is 7.90. The van der Waals surface area contributed by atoms with Gasteiger partial charge in [-0.05, 0) is 50.1 Å². The molecule has 0 N–H and O–H groups in total. The summed E-state index contributed by atoms with van der Waals surface area (Å²) in [6.45, 7) is 11.4. The summed E-state index contributed by atoms with van der Waals surface area (Å²) in [4.78, 5) is 18.3. The molecule has 0 spiro atoms. The third kappa shape index (κ3) is 5.71. The number of nitrogens with zero attached hydrogens (tertiary/aromatic N) is 2. The fourth-order valence-corrected chi connectivity index (χ4v) is 3.75. The summed E-state index contributed by atoms with van der Waals surface area (Å²) in [5, 5.41) is -0.0550. The Morgan fingerprint density at radius 1 is 1.12 bits per heavy atom. The number of hydrogen-bond donors (Lipinski definition) is 0. The molecular weight excluding hydrogens is 320 g/mol. The SMILES string of the molecule is COc1ccc(SC(C)C(=O)N2CCN(CCC(C)C)CC2)cc1. The van der Waals surface area contributed by atoms with Gasteiger partial charge in [0.2, 0.25) is 5.91 Å². The van der Waals surface area contributed by atoms with E-state index in [1.807, 2.05) is 36.1 Å². The molecule has 0 saturated carbocycles. The Hall–Kier alpha value is -1.20. The quantitative estimate of drug-likeness (QED) is 0.706. The summed E-state index contributed by atoms with van der Waals surface area (Å²) in [7, 11) is 1.66. The van der Waals surface area contributed by atoms with E-state index in [-0.39, 0.29) is 11.2 Å². The standard InChI is InChI=1S/C19H30N2O2S/c1-15(2)9-10-20-11-13-21(14-12-20)19(22)16(3)24-18-7-5-17(23-4)6-8-18/h5-8,15-16H,9-14H2,1-4H3. The molecule has 24 heavy (non-hydrogen) atoms. The normalized spacial score (nSPS) is 17.1. The van der Waals surface area contributed by atoms with Crippen molar-refractivity contribution in [1.29, 1.82) is 0 Å². The van der Waals surface area contributed by atoms with Gasteiger partial charge in [-0.3, -0.25) is 9.69 Å². The Morgan fingerprint density at radius 3 is 2.29 bits per heavy atom. The van der Waals surface area contributed by atoms with Crippen LogP contribution in [0.2, 0.25) is 0 Å². The van der Waals surface area contributed by atoms with Crippen LogP contribution in [-0.2, 0) is 4.79 Å². The van der Waals surface area contributed by atoms with Crippen LogP contribution >= 0.6 is 11.8 Å². The number of thioether (sulfide) groups is 1. The van der Waals surface area contributed by atoms with Gasteiger partial charge in [0.1, 0.15) is 5.75 Å². The van der Waals surface area contributed by atoms with Gasteiger partial charge in [0.05, 0.1) is 12.4 Å². The minimum atomic E-state index is -0.0550. The molecule has 1 aliphatic rings. The Morgan fingerprint density at radius 2 is 1.75 bits per heavy atom. The van der Waals surface area contributed by atoms with Crippen molar-refractivity contribution in [3.05, 3.63) is 24.3 Å². The van der Waals surface area contributed by atoms with Crippen molar-refractivity contribution in [2.75, 3.05) is 39.8 Å². The average molecular weight is 351 g/mol. The van der Waals surface area contributed by atoms with E-state index in [0.717, 1.165) is 49.3 Å². The lowest BCUT2D eigenvalue weighted by Crippen LogP contribution is -2.50. The lowest BCUT2D eigenvalue weighted by atomic mass is 10.1. The van der Waals surface area contributed by atoms with Crippen LogP contribution < -0.4 is 4.74 Å². The number of carbonyl (C=O) groups excluding carboxylic acids is 1. The van der Waals surface area contributed by atoms with Gasteiger partial charge in [0.25, 0.3) is 0 Å². The zero-order valence-corrected chi connectivity index (χ0v) is 16.1. The van der Waals surface area contributed by atoms with Crippen LogP contribution in [0.3, 0.4) is 0 Å². The number of piperazine rings is 1. The molecule has 1 saturated heterocycles. The van der Waals surface area contributed by atoms with Gasteiger partial charge < -0.3 is 9.64 Å². The van der Waals surface area contributed by atoms with Gasteiger partial charge in [-0.25, -0.2) is 0 Å². The zero-order valence-electron chi connectivity index (χ0n) is 15.3.